The summed E-state index contributed by atoms with van der Waals surface area (Å²) in [4.78, 5) is 14.3. The molecule has 6 heteroatoms. The zero-order valence-electron chi connectivity index (χ0n) is 16.9. The molecule has 3 aromatic rings. The average molecular weight is 451 g/mol. The van der Waals surface area contributed by atoms with Gasteiger partial charge in [0.1, 0.15) is 12.4 Å². The number of carbonyl (C=O) groups excluding carboxylic acids is 1. The third-order valence-electron chi connectivity index (χ3n) is 5.55. The Morgan fingerprint density at radius 3 is 2.42 bits per heavy atom. The Bertz CT molecular complexity index is 1150. The van der Waals surface area contributed by atoms with Gasteiger partial charge in [0.25, 0.3) is 0 Å². The molecule has 0 radical (unpaired) electrons. The summed E-state index contributed by atoms with van der Waals surface area (Å²) in [5, 5.41) is 11.3. The first-order chi connectivity index (χ1) is 14.9. The van der Waals surface area contributed by atoms with Gasteiger partial charge in [-0.3, -0.25) is 9.69 Å². The lowest BCUT2D eigenvalue weighted by Crippen LogP contribution is -2.42. The number of halogens is 2. The van der Waals surface area contributed by atoms with Gasteiger partial charge in [-0.2, -0.15) is 5.26 Å². The molecular weight excluding hydrogens is 431 g/mol. The first-order valence-corrected chi connectivity index (χ1v) is 10.7. The Kier molecular flexibility index (Phi) is 5.91. The first kappa shape index (κ1) is 21.2. The van der Waals surface area contributed by atoms with Crippen LogP contribution in [0.25, 0.3) is 0 Å². The van der Waals surface area contributed by atoms with Crippen LogP contribution < -0.4 is 9.64 Å². The zero-order chi connectivity index (χ0) is 22.0. The third kappa shape index (κ3) is 4.12. The van der Waals surface area contributed by atoms with Gasteiger partial charge in [-0.05, 0) is 55.3 Å². The molecule has 4 nitrogen and oxygen atoms in total. The molecule has 3 aromatic carbocycles. The van der Waals surface area contributed by atoms with E-state index in [1.54, 1.807) is 17.0 Å². The molecule has 0 N–H and O–H groups in total. The maximum absolute atomic E-state index is 12.7. The monoisotopic (exact) mass is 450 g/mol. The van der Waals surface area contributed by atoms with Crippen molar-refractivity contribution in [2.24, 2.45) is 0 Å². The summed E-state index contributed by atoms with van der Waals surface area (Å²) >= 11 is 12.1. The van der Waals surface area contributed by atoms with Crippen molar-refractivity contribution >= 4 is 34.8 Å². The molecule has 1 saturated heterocycles. The maximum atomic E-state index is 12.7. The highest BCUT2D eigenvalue weighted by Gasteiger charge is 2.48. The summed E-state index contributed by atoms with van der Waals surface area (Å²) in [7, 11) is 0. The smallest absolute Gasteiger partial charge is 0.228 e. The van der Waals surface area contributed by atoms with Gasteiger partial charge in [-0.25, -0.2) is 0 Å². The SMILES string of the molecule is Cc1ccc(N2C(=O)CCC2(C#N)c2ccc(OCc3ccc(Cl)cc3Cl)cc2)cc1. The van der Waals surface area contributed by atoms with Gasteiger partial charge in [-0.15, -0.1) is 0 Å². The van der Waals surface area contributed by atoms with Crippen molar-refractivity contribution in [3.63, 3.8) is 0 Å². The Morgan fingerprint density at radius 2 is 1.77 bits per heavy atom. The van der Waals surface area contributed by atoms with Crippen molar-refractivity contribution in [2.75, 3.05) is 4.90 Å². The van der Waals surface area contributed by atoms with Crippen molar-refractivity contribution in [3.8, 4) is 11.8 Å². The number of aryl methyl sites for hydroxylation is 1. The maximum Gasteiger partial charge on any atom is 0.228 e. The van der Waals surface area contributed by atoms with Crippen molar-refractivity contribution in [1.82, 2.24) is 0 Å². The highest BCUT2D eigenvalue weighted by atomic mass is 35.5. The van der Waals surface area contributed by atoms with Gasteiger partial charge in [0, 0.05) is 27.7 Å². The van der Waals surface area contributed by atoms with E-state index in [1.807, 2.05) is 61.5 Å². The van der Waals surface area contributed by atoms with E-state index in [2.05, 4.69) is 6.07 Å². The van der Waals surface area contributed by atoms with Crippen LogP contribution in [0.4, 0.5) is 5.69 Å². The average Bonchev–Trinajstić information content (AvgIpc) is 3.11. The molecule has 0 aliphatic carbocycles. The van der Waals surface area contributed by atoms with Crippen LogP contribution in [0.5, 0.6) is 5.75 Å². The Balaban J connectivity index is 1.58. The van der Waals surface area contributed by atoms with Crippen molar-refractivity contribution in [1.29, 1.82) is 5.26 Å². The largest absolute Gasteiger partial charge is 0.489 e. The molecule has 0 bridgehead atoms. The zero-order valence-corrected chi connectivity index (χ0v) is 18.5. The van der Waals surface area contributed by atoms with Gasteiger partial charge in [-0.1, -0.05) is 59.1 Å². The minimum Gasteiger partial charge on any atom is -0.489 e. The molecule has 0 aromatic heterocycles. The first-order valence-electron chi connectivity index (χ1n) is 9.91. The fourth-order valence-corrected chi connectivity index (χ4v) is 4.32. The van der Waals surface area contributed by atoms with Gasteiger partial charge in [0.15, 0.2) is 5.54 Å². The molecule has 0 saturated carbocycles. The molecular formula is C25H20Cl2N2O2. The summed E-state index contributed by atoms with van der Waals surface area (Å²) in [5.41, 5.74) is 2.38. The van der Waals surface area contributed by atoms with E-state index in [-0.39, 0.29) is 5.91 Å². The topological polar surface area (TPSA) is 53.3 Å². The molecule has 0 spiro atoms. The number of hydrogen-bond donors (Lipinski definition) is 0. The van der Waals surface area contributed by atoms with E-state index in [9.17, 15) is 10.1 Å². The molecule has 1 fully saturated rings. The van der Waals surface area contributed by atoms with Gasteiger partial charge < -0.3 is 4.74 Å². The van der Waals surface area contributed by atoms with Crippen molar-refractivity contribution < 1.29 is 9.53 Å². The number of hydrogen-bond acceptors (Lipinski definition) is 3. The molecule has 1 aliphatic rings. The number of nitriles is 1. The number of anilines is 1. The van der Waals surface area contributed by atoms with E-state index in [0.717, 1.165) is 22.4 Å². The normalized spacial score (nSPS) is 18.1. The van der Waals surface area contributed by atoms with E-state index in [1.165, 1.54) is 0 Å². The van der Waals surface area contributed by atoms with Crippen LogP contribution in [0.15, 0.2) is 66.7 Å². The van der Waals surface area contributed by atoms with E-state index >= 15 is 0 Å². The number of amides is 1. The standard InChI is InChI=1S/C25H20Cl2N2O2/c1-17-2-8-21(9-3-17)29-24(30)12-13-25(29,16-28)19-5-10-22(11-6-19)31-15-18-4-7-20(26)14-23(18)27/h2-11,14H,12-13,15H2,1H3. The summed E-state index contributed by atoms with van der Waals surface area (Å²) in [5.74, 6) is 0.595. The number of benzene rings is 3. The summed E-state index contributed by atoms with van der Waals surface area (Å²) < 4.78 is 5.85. The predicted octanol–water partition coefficient (Wildman–Crippen LogP) is 6.43. The quantitative estimate of drug-likeness (QED) is 0.450. The van der Waals surface area contributed by atoms with E-state index in [0.29, 0.717) is 35.2 Å². The molecule has 1 unspecified atom stereocenters. The highest BCUT2D eigenvalue weighted by Crippen LogP contribution is 2.42. The van der Waals surface area contributed by atoms with Gasteiger partial charge >= 0.3 is 0 Å². The minimum absolute atomic E-state index is 0.0527. The molecule has 31 heavy (non-hydrogen) atoms. The fraction of sp³-hybridized carbons (Fsp3) is 0.200. The molecule has 4 rings (SSSR count). The lowest BCUT2D eigenvalue weighted by Gasteiger charge is -2.33. The molecule has 1 heterocycles. The Hall–Kier alpha value is -3.00. The number of carbonyl (C=O) groups is 1. The lowest BCUT2D eigenvalue weighted by atomic mass is 9.88. The van der Waals surface area contributed by atoms with E-state index in [4.69, 9.17) is 27.9 Å². The van der Waals surface area contributed by atoms with Crippen LogP contribution in [0.3, 0.4) is 0 Å². The second-order valence-electron chi connectivity index (χ2n) is 7.59. The highest BCUT2D eigenvalue weighted by molar-refractivity contribution is 6.35. The van der Waals surface area contributed by atoms with E-state index < -0.39 is 5.54 Å². The van der Waals surface area contributed by atoms with Crippen LogP contribution >= 0.6 is 23.2 Å². The summed E-state index contributed by atoms with van der Waals surface area (Å²) in [6.07, 6.45) is 0.769. The predicted molar refractivity (Wildman–Crippen MR) is 122 cm³/mol. The van der Waals surface area contributed by atoms with Crippen LogP contribution in [-0.4, -0.2) is 5.91 Å². The second-order valence-corrected chi connectivity index (χ2v) is 8.43. The third-order valence-corrected chi connectivity index (χ3v) is 6.14. The number of ether oxygens (including phenoxy) is 1. The van der Waals surface area contributed by atoms with Gasteiger partial charge in [0.05, 0.1) is 6.07 Å². The summed E-state index contributed by atoms with van der Waals surface area (Å²) in [6.45, 7) is 2.29. The number of nitrogens with zero attached hydrogens (tertiary/aromatic N) is 2. The van der Waals surface area contributed by atoms with Crippen LogP contribution in [0, 0.1) is 18.3 Å². The van der Waals surface area contributed by atoms with Crippen LogP contribution in [0.1, 0.15) is 29.5 Å². The summed E-state index contributed by atoms with van der Waals surface area (Å²) in [6, 6.07) is 22.7. The molecule has 156 valence electrons. The minimum atomic E-state index is -1.04. The Morgan fingerprint density at radius 1 is 1.06 bits per heavy atom. The van der Waals surface area contributed by atoms with Crippen molar-refractivity contribution in [3.05, 3.63) is 93.5 Å². The fourth-order valence-electron chi connectivity index (χ4n) is 3.85. The van der Waals surface area contributed by atoms with Crippen LogP contribution in [-0.2, 0) is 16.9 Å². The molecule has 1 aliphatic heterocycles. The van der Waals surface area contributed by atoms with Crippen molar-refractivity contribution in [2.45, 2.75) is 31.9 Å². The number of rotatable bonds is 5. The van der Waals surface area contributed by atoms with Gasteiger partial charge in [0.2, 0.25) is 5.91 Å². The second kappa shape index (κ2) is 8.63. The van der Waals surface area contributed by atoms with Crippen LogP contribution in [0.2, 0.25) is 10.0 Å². The Labute approximate surface area is 191 Å². The molecule has 1 atom stereocenters. The lowest BCUT2D eigenvalue weighted by molar-refractivity contribution is -0.117. The molecule has 1 amide bonds.